The third kappa shape index (κ3) is 4.02. The van der Waals surface area contributed by atoms with Crippen molar-refractivity contribution >= 4 is 39.5 Å². The summed E-state index contributed by atoms with van der Waals surface area (Å²) in [5.41, 5.74) is 2.40. The zero-order valence-electron chi connectivity index (χ0n) is 19.5. The number of ether oxygens (including phenoxy) is 1. The molecule has 10 nitrogen and oxygen atoms in total. The SMILES string of the molecule is C=CC(=O)N1CCC(n2nc(Nc3ccc(Oc4ccncc4)cc3)c3cnc4[nH]cnc2c43)CC1. The lowest BCUT2D eigenvalue weighted by Gasteiger charge is -2.32. The lowest BCUT2D eigenvalue weighted by atomic mass is 10.0. The quantitative estimate of drug-likeness (QED) is 0.342. The number of nitrogens with one attached hydrogen (secondary N) is 2. The van der Waals surface area contributed by atoms with Gasteiger partial charge in [0.05, 0.1) is 23.1 Å². The molecule has 0 radical (unpaired) electrons. The van der Waals surface area contributed by atoms with Gasteiger partial charge in [0.15, 0.2) is 11.5 Å². The summed E-state index contributed by atoms with van der Waals surface area (Å²) >= 11 is 0. The molecule has 0 unspecified atom stereocenters. The van der Waals surface area contributed by atoms with E-state index in [1.807, 2.05) is 52.2 Å². The highest BCUT2D eigenvalue weighted by Crippen LogP contribution is 2.34. The third-order valence-electron chi connectivity index (χ3n) is 6.42. The Morgan fingerprint density at radius 3 is 2.58 bits per heavy atom. The Labute approximate surface area is 206 Å². The summed E-state index contributed by atoms with van der Waals surface area (Å²) in [6, 6.07) is 11.4. The molecule has 1 amide bonds. The zero-order valence-corrected chi connectivity index (χ0v) is 19.5. The number of hydrogen-bond donors (Lipinski definition) is 2. The molecule has 1 saturated heterocycles. The Morgan fingerprint density at radius 1 is 1.08 bits per heavy atom. The van der Waals surface area contributed by atoms with Crippen LogP contribution >= 0.6 is 0 Å². The fraction of sp³-hybridized carbons (Fsp3) is 0.192. The first-order valence-corrected chi connectivity index (χ1v) is 11.8. The van der Waals surface area contributed by atoms with E-state index in [0.717, 1.165) is 52.1 Å². The molecule has 180 valence electrons. The molecule has 1 aromatic carbocycles. The largest absolute Gasteiger partial charge is 0.457 e. The van der Waals surface area contributed by atoms with Crippen molar-refractivity contribution < 1.29 is 9.53 Å². The van der Waals surface area contributed by atoms with E-state index in [-0.39, 0.29) is 11.9 Å². The fourth-order valence-electron chi connectivity index (χ4n) is 4.60. The Hall–Kier alpha value is -4.73. The molecule has 1 fully saturated rings. The van der Waals surface area contributed by atoms with Crippen LogP contribution in [-0.4, -0.2) is 53.6 Å². The van der Waals surface area contributed by atoms with Crippen LogP contribution in [0.1, 0.15) is 18.9 Å². The average molecular weight is 481 g/mol. The summed E-state index contributed by atoms with van der Waals surface area (Å²) in [7, 11) is 0. The van der Waals surface area contributed by atoms with Gasteiger partial charge in [0.1, 0.15) is 17.1 Å². The van der Waals surface area contributed by atoms with E-state index in [9.17, 15) is 4.79 Å². The molecule has 5 aromatic rings. The van der Waals surface area contributed by atoms with Crippen LogP contribution in [0.5, 0.6) is 11.5 Å². The lowest BCUT2D eigenvalue weighted by Crippen LogP contribution is -2.38. The molecule has 1 aliphatic rings. The number of aromatic nitrogens is 6. The highest BCUT2D eigenvalue weighted by atomic mass is 16.5. The average Bonchev–Trinajstić information content (AvgIpc) is 3.37. The summed E-state index contributed by atoms with van der Waals surface area (Å²) in [6.45, 7) is 4.90. The standard InChI is InChI=1S/C26H24N8O2/c1-2-22(35)33-13-9-18(10-14-33)34-26-23-21(15-28-25(23)29-16-30-26)24(32-34)31-17-3-5-19(6-4-17)36-20-7-11-27-12-8-20/h2-8,11-12,15-16,18H,1,9-10,13-14H2,(H,31,32)(H,28,29,30). The highest BCUT2D eigenvalue weighted by molar-refractivity contribution is 6.09. The number of anilines is 2. The topological polar surface area (TPSA) is 114 Å². The molecule has 0 atom stereocenters. The summed E-state index contributed by atoms with van der Waals surface area (Å²) in [5.74, 6) is 2.11. The second-order valence-corrected chi connectivity index (χ2v) is 8.61. The van der Waals surface area contributed by atoms with Gasteiger partial charge in [-0.25, -0.2) is 14.6 Å². The van der Waals surface area contributed by atoms with Crippen molar-refractivity contribution in [2.45, 2.75) is 18.9 Å². The number of nitrogens with zero attached hydrogens (tertiary/aromatic N) is 6. The van der Waals surface area contributed by atoms with Crippen LogP contribution in [0.2, 0.25) is 0 Å². The Kier molecular flexibility index (Phi) is 5.53. The van der Waals surface area contributed by atoms with Gasteiger partial charge in [0.2, 0.25) is 5.91 Å². The number of carbonyl (C=O) groups is 1. The van der Waals surface area contributed by atoms with Crippen LogP contribution in [0.3, 0.4) is 0 Å². The number of piperidine rings is 1. The van der Waals surface area contributed by atoms with Gasteiger partial charge in [-0.05, 0) is 55.3 Å². The first kappa shape index (κ1) is 21.8. The molecular formula is C26H24N8O2. The minimum atomic E-state index is -0.0355. The minimum Gasteiger partial charge on any atom is -0.457 e. The first-order chi connectivity index (χ1) is 17.7. The fourth-order valence-corrected chi connectivity index (χ4v) is 4.60. The third-order valence-corrected chi connectivity index (χ3v) is 6.42. The van der Waals surface area contributed by atoms with Gasteiger partial charge in [-0.2, -0.15) is 5.10 Å². The monoisotopic (exact) mass is 480 g/mol. The van der Waals surface area contributed by atoms with E-state index in [1.165, 1.54) is 6.08 Å². The summed E-state index contributed by atoms with van der Waals surface area (Å²) in [6.07, 6.45) is 9.77. The molecule has 10 heteroatoms. The highest BCUT2D eigenvalue weighted by Gasteiger charge is 2.26. The number of benzene rings is 1. The van der Waals surface area contributed by atoms with E-state index < -0.39 is 0 Å². The molecule has 0 spiro atoms. The van der Waals surface area contributed by atoms with E-state index >= 15 is 0 Å². The number of aromatic amines is 1. The molecule has 36 heavy (non-hydrogen) atoms. The number of carbonyl (C=O) groups excluding carboxylic acids is 1. The number of H-pyrrole nitrogens is 1. The molecule has 2 N–H and O–H groups in total. The van der Waals surface area contributed by atoms with Gasteiger partial charge in [0, 0.05) is 37.4 Å². The minimum absolute atomic E-state index is 0.0355. The van der Waals surface area contributed by atoms with Crippen molar-refractivity contribution in [2.24, 2.45) is 0 Å². The van der Waals surface area contributed by atoms with Crippen molar-refractivity contribution in [3.63, 3.8) is 0 Å². The van der Waals surface area contributed by atoms with E-state index in [1.54, 1.807) is 18.7 Å². The molecule has 5 heterocycles. The molecular weight excluding hydrogens is 456 g/mol. The van der Waals surface area contributed by atoms with Gasteiger partial charge >= 0.3 is 0 Å². The Bertz CT molecular complexity index is 1530. The maximum Gasteiger partial charge on any atom is 0.245 e. The summed E-state index contributed by atoms with van der Waals surface area (Å²) in [4.78, 5) is 30.1. The van der Waals surface area contributed by atoms with Gasteiger partial charge in [-0.3, -0.25) is 9.78 Å². The predicted octanol–water partition coefficient (Wildman–Crippen LogP) is 4.59. The molecule has 0 bridgehead atoms. The van der Waals surface area contributed by atoms with Crippen LogP contribution in [-0.2, 0) is 4.79 Å². The van der Waals surface area contributed by atoms with E-state index in [0.29, 0.717) is 18.9 Å². The van der Waals surface area contributed by atoms with Crippen molar-refractivity contribution in [3.8, 4) is 11.5 Å². The van der Waals surface area contributed by atoms with Crippen molar-refractivity contribution in [1.82, 2.24) is 34.6 Å². The summed E-state index contributed by atoms with van der Waals surface area (Å²) in [5, 5.41) is 10.2. The van der Waals surface area contributed by atoms with Crippen LogP contribution in [0.4, 0.5) is 11.5 Å². The second-order valence-electron chi connectivity index (χ2n) is 8.61. The second kappa shape index (κ2) is 9.14. The molecule has 1 aliphatic heterocycles. The molecule has 4 aromatic heterocycles. The first-order valence-electron chi connectivity index (χ1n) is 11.8. The van der Waals surface area contributed by atoms with Crippen molar-refractivity contribution in [3.05, 3.63) is 74.0 Å². The van der Waals surface area contributed by atoms with Gasteiger partial charge in [-0.15, -0.1) is 0 Å². The number of rotatable bonds is 6. The van der Waals surface area contributed by atoms with Crippen molar-refractivity contribution in [1.29, 1.82) is 0 Å². The number of amides is 1. The number of likely N-dealkylation sites (tertiary alicyclic amines) is 1. The van der Waals surface area contributed by atoms with Crippen LogP contribution in [0, 0.1) is 0 Å². The number of hydrogen-bond acceptors (Lipinski definition) is 7. The molecule has 0 aliphatic carbocycles. The van der Waals surface area contributed by atoms with Gasteiger partial charge in [-0.1, -0.05) is 6.58 Å². The predicted molar refractivity (Wildman–Crippen MR) is 136 cm³/mol. The van der Waals surface area contributed by atoms with Crippen molar-refractivity contribution in [2.75, 3.05) is 18.4 Å². The van der Waals surface area contributed by atoms with Crippen LogP contribution in [0.25, 0.3) is 22.1 Å². The maximum atomic E-state index is 12.0. The van der Waals surface area contributed by atoms with Gasteiger partial charge in [0.25, 0.3) is 0 Å². The van der Waals surface area contributed by atoms with Crippen LogP contribution < -0.4 is 10.1 Å². The zero-order chi connectivity index (χ0) is 24.5. The van der Waals surface area contributed by atoms with Gasteiger partial charge < -0.3 is 19.9 Å². The van der Waals surface area contributed by atoms with Crippen LogP contribution in [0.15, 0.2) is 74.0 Å². The normalized spacial score (nSPS) is 14.3. The lowest BCUT2D eigenvalue weighted by molar-refractivity contribution is -0.127. The summed E-state index contributed by atoms with van der Waals surface area (Å²) < 4.78 is 7.85. The Balaban J connectivity index is 1.31. The maximum absolute atomic E-state index is 12.0. The Morgan fingerprint density at radius 2 is 1.83 bits per heavy atom. The molecule has 6 rings (SSSR count). The smallest absolute Gasteiger partial charge is 0.245 e. The van der Waals surface area contributed by atoms with E-state index in [2.05, 4.69) is 31.8 Å². The number of pyridine rings is 1. The van der Waals surface area contributed by atoms with E-state index in [4.69, 9.17) is 9.84 Å². The molecule has 0 saturated carbocycles.